The molecule has 0 aliphatic carbocycles. The molecule has 4 aromatic rings. The average molecular weight is 721 g/mol. The molecule has 2 aromatic carbocycles. The first kappa shape index (κ1) is 36.6. The van der Waals surface area contributed by atoms with Crippen LogP contribution in [0.2, 0.25) is 5.15 Å². The lowest BCUT2D eigenvalue weighted by Crippen LogP contribution is -2.16. The zero-order chi connectivity index (χ0) is 33.7. The number of nitrogens with one attached hydrogen (secondary N) is 1. The van der Waals surface area contributed by atoms with Crippen LogP contribution in [0.3, 0.4) is 0 Å². The largest absolute Gasteiger partial charge is 0.491 e. The molecule has 19 heteroatoms. The zero-order valence-electron chi connectivity index (χ0n) is 22.6. The molecule has 2 aromatic heterocycles. The summed E-state index contributed by atoms with van der Waals surface area (Å²) in [6, 6.07) is 18.3. The Hall–Kier alpha value is -2.64. The zero-order valence-corrected chi connectivity index (χ0v) is 25.6. The minimum absolute atomic E-state index is 0.0930. The van der Waals surface area contributed by atoms with Crippen molar-refractivity contribution in [3.05, 3.63) is 105 Å². The molecule has 0 unspecified atom stereocenters. The second-order valence-electron chi connectivity index (χ2n) is 7.79. The van der Waals surface area contributed by atoms with Gasteiger partial charge in [-0.05, 0) is 44.8 Å². The van der Waals surface area contributed by atoms with Crippen molar-refractivity contribution in [3.63, 3.8) is 0 Å². The van der Waals surface area contributed by atoms with E-state index in [1.807, 2.05) is 11.2 Å². The van der Waals surface area contributed by atoms with E-state index in [9.17, 15) is 40.1 Å². The quantitative estimate of drug-likeness (QED) is 0.165. The highest BCUT2D eigenvalue weighted by Crippen LogP contribution is 2.61. The number of H-pyrrole nitrogens is 1. The molecule has 238 valence electrons. The number of halogens is 11. The minimum atomic E-state index is -4.60. The number of rotatable bonds is 5. The number of hydrogen-bond donors (Lipinski definition) is 1. The van der Waals surface area contributed by atoms with Gasteiger partial charge in [0.05, 0.1) is 28.7 Å². The summed E-state index contributed by atoms with van der Waals surface area (Å²) >= 11 is 19.7. The second kappa shape index (κ2) is 17.0. The van der Waals surface area contributed by atoms with Gasteiger partial charge in [0.25, 0.3) is 5.56 Å². The number of benzene rings is 2. The minimum Gasteiger partial charge on any atom is -0.491 e. The molecule has 0 radical (unpaired) electrons. The van der Waals surface area contributed by atoms with Crippen molar-refractivity contribution in [1.29, 1.82) is 0 Å². The van der Waals surface area contributed by atoms with Crippen LogP contribution in [0.1, 0.15) is 23.9 Å². The van der Waals surface area contributed by atoms with Gasteiger partial charge < -0.3 is 4.74 Å². The predicted octanol–water partition coefficient (Wildman–Crippen LogP) is 9.25. The summed E-state index contributed by atoms with van der Waals surface area (Å²) in [5.41, 5.74) is -1.29. The fourth-order valence-electron chi connectivity index (χ4n) is 3.12. The Morgan fingerprint density at radius 1 is 0.930 bits per heavy atom. The number of aromatic nitrogens is 4. The summed E-state index contributed by atoms with van der Waals surface area (Å²) in [6.45, 7) is 0.238. The third-order valence-electron chi connectivity index (χ3n) is 4.78. The molecule has 0 bridgehead atoms. The Balaban J connectivity index is 0.000000356. The van der Waals surface area contributed by atoms with Crippen LogP contribution in [-0.4, -0.2) is 33.8 Å². The lowest BCUT2D eigenvalue weighted by atomic mass is 10.2. The van der Waals surface area contributed by atoms with Gasteiger partial charge in [0.2, 0.25) is 5.69 Å². The SMILES string of the molecule is COc1c(C(F)(F)F)nn(Cc2ccccc2)c1Cl.O=P(Cl)(Cl)Cl.O=c1cc(C(F)(F)F)[nH]n1Cc1ccccc1.[2H]CF. The number of nitrogens with zero attached hydrogens (tertiary/aromatic N) is 3. The summed E-state index contributed by atoms with van der Waals surface area (Å²) in [6.07, 6.45) is -9.13. The van der Waals surface area contributed by atoms with Crippen molar-refractivity contribution >= 4 is 50.5 Å². The van der Waals surface area contributed by atoms with Crippen molar-refractivity contribution in [3.8, 4) is 5.75 Å². The van der Waals surface area contributed by atoms with Crippen LogP contribution in [0, 0.1) is 0 Å². The molecule has 0 aliphatic heterocycles. The van der Waals surface area contributed by atoms with E-state index >= 15 is 0 Å². The van der Waals surface area contributed by atoms with Crippen molar-refractivity contribution in [1.82, 2.24) is 19.6 Å². The van der Waals surface area contributed by atoms with Gasteiger partial charge in [0.1, 0.15) is 5.69 Å². The Morgan fingerprint density at radius 3 is 1.72 bits per heavy atom. The van der Waals surface area contributed by atoms with Gasteiger partial charge in [0, 0.05) is 6.07 Å². The van der Waals surface area contributed by atoms with Gasteiger partial charge in [-0.3, -0.25) is 18.8 Å². The molecule has 7 nitrogen and oxygen atoms in total. The third kappa shape index (κ3) is 13.7. The molecule has 0 atom stereocenters. The van der Waals surface area contributed by atoms with Gasteiger partial charge in [0.15, 0.2) is 10.9 Å². The monoisotopic (exact) mass is 719 g/mol. The maximum absolute atomic E-state index is 12.8. The molecule has 0 amide bonds. The average Bonchev–Trinajstić information content (AvgIpc) is 3.44. The molecule has 2 heterocycles. The topological polar surface area (TPSA) is 81.9 Å². The maximum Gasteiger partial charge on any atom is 0.438 e. The van der Waals surface area contributed by atoms with E-state index in [2.05, 4.69) is 43.6 Å². The normalized spacial score (nSPS) is 11.6. The molecule has 1 N–H and O–H groups in total. The van der Waals surface area contributed by atoms with Gasteiger partial charge in [-0.2, -0.15) is 31.4 Å². The van der Waals surface area contributed by atoms with E-state index < -0.39 is 47.4 Å². The summed E-state index contributed by atoms with van der Waals surface area (Å²) in [5, 5.41) is 2.14. The second-order valence-corrected chi connectivity index (χ2v) is 14.8. The molecule has 0 saturated heterocycles. The van der Waals surface area contributed by atoms with E-state index in [1.54, 1.807) is 54.6 Å². The van der Waals surface area contributed by atoms with Crippen LogP contribution in [0.25, 0.3) is 0 Å². The predicted molar refractivity (Wildman–Crippen MR) is 152 cm³/mol. The molecular formula is C24H22Cl4F7N4O3P. The molecule has 0 spiro atoms. The van der Waals surface area contributed by atoms with Crippen LogP contribution in [0.5, 0.6) is 5.75 Å². The van der Waals surface area contributed by atoms with Crippen LogP contribution >= 0.6 is 50.5 Å². The van der Waals surface area contributed by atoms with Crippen LogP contribution in [-0.2, 0) is 30.0 Å². The third-order valence-corrected chi connectivity index (χ3v) is 5.14. The van der Waals surface area contributed by atoms with Gasteiger partial charge in [-0.15, -0.1) is 0 Å². The van der Waals surface area contributed by atoms with Crippen LogP contribution in [0.15, 0.2) is 71.5 Å². The molecule has 0 saturated carbocycles. The highest BCUT2D eigenvalue weighted by Gasteiger charge is 2.40. The number of aromatic amines is 1. The first-order valence-electron chi connectivity index (χ1n) is 11.9. The summed E-state index contributed by atoms with van der Waals surface area (Å²) in [7, 11) is 0.130. The van der Waals surface area contributed by atoms with Crippen molar-refractivity contribution < 1.29 is 41.4 Å². The smallest absolute Gasteiger partial charge is 0.438 e. The lowest BCUT2D eigenvalue weighted by molar-refractivity contribution is -0.143. The van der Waals surface area contributed by atoms with Gasteiger partial charge in [-0.1, -0.05) is 72.3 Å². The Morgan fingerprint density at radius 2 is 1.37 bits per heavy atom. The van der Waals surface area contributed by atoms with Gasteiger partial charge in [-0.25, -0.2) is 9.36 Å². The van der Waals surface area contributed by atoms with Crippen LogP contribution < -0.4 is 10.3 Å². The number of ether oxygens (including phenoxy) is 1. The number of alkyl halides is 7. The molecule has 0 aliphatic rings. The highest BCUT2D eigenvalue weighted by atomic mass is 36.0. The Kier molecular flexibility index (Phi) is 14.5. The molecule has 0 fully saturated rings. The lowest BCUT2D eigenvalue weighted by Gasteiger charge is -2.04. The van der Waals surface area contributed by atoms with E-state index in [0.717, 1.165) is 27.6 Å². The van der Waals surface area contributed by atoms with Crippen molar-refractivity contribution in [2.45, 2.75) is 25.4 Å². The maximum atomic E-state index is 12.8. The standard InChI is InChI=1S/C12H10ClF3N2O.C11H9F3N2O.CH3F.Cl3OP/c1-19-9-10(12(14,15)16)17-18(11(9)13)7-8-5-3-2-4-6-8;12-11(13,14)9-6-10(17)16(15-9)7-8-4-2-1-3-5-8;1-2;1-5(2,3)4/h2-6H,7H2,1H3;1-6,15H,7H2;1H3;/i;;1D;. The molecule has 43 heavy (non-hydrogen) atoms. The van der Waals surface area contributed by atoms with Crippen molar-refractivity contribution in [2.24, 2.45) is 0 Å². The number of hydrogen-bond acceptors (Lipinski definition) is 4. The van der Waals surface area contributed by atoms with Crippen molar-refractivity contribution in [2.75, 3.05) is 14.3 Å². The van der Waals surface area contributed by atoms with Gasteiger partial charge >= 0.3 is 17.6 Å². The summed E-state index contributed by atoms with van der Waals surface area (Å²) < 4.78 is 107. The summed E-state index contributed by atoms with van der Waals surface area (Å²) in [5.74, 6) is -0.454. The highest BCUT2D eigenvalue weighted by molar-refractivity contribution is 8.24. The fraction of sp³-hybridized carbons (Fsp3) is 0.250. The Bertz CT molecular complexity index is 1520. The van der Waals surface area contributed by atoms with Crippen LogP contribution in [0.4, 0.5) is 30.7 Å². The molecule has 4 rings (SSSR count). The summed E-state index contributed by atoms with van der Waals surface area (Å²) in [4.78, 5) is 11.3. The fourth-order valence-corrected chi connectivity index (χ4v) is 3.38. The first-order valence-corrected chi connectivity index (χ1v) is 16.0. The van der Waals surface area contributed by atoms with E-state index in [4.69, 9.17) is 13.0 Å². The Labute approximate surface area is 261 Å². The first-order chi connectivity index (χ1) is 20.3. The van der Waals surface area contributed by atoms with E-state index in [1.165, 1.54) is 0 Å². The molecular weight excluding hydrogens is 698 g/mol. The van der Waals surface area contributed by atoms with E-state index in [0.29, 0.717) is 6.07 Å². The number of methoxy groups -OCH3 is 1. The van der Waals surface area contributed by atoms with E-state index in [-0.39, 0.29) is 18.2 Å².